The lowest BCUT2D eigenvalue weighted by atomic mass is 10.2. The molecule has 0 heterocycles. The summed E-state index contributed by atoms with van der Waals surface area (Å²) in [5, 5.41) is 5.49. The van der Waals surface area contributed by atoms with Gasteiger partial charge in [0.05, 0.1) is 11.5 Å². The average Bonchev–Trinajstić information content (AvgIpc) is 2.73. The van der Waals surface area contributed by atoms with Gasteiger partial charge in [-0.05, 0) is 72.9 Å². The van der Waals surface area contributed by atoms with Crippen LogP contribution in [0, 0.1) is 11.6 Å². The van der Waals surface area contributed by atoms with E-state index in [1.54, 1.807) is 47.8 Å². The van der Waals surface area contributed by atoms with Crippen molar-refractivity contribution in [3.63, 3.8) is 0 Å². The smallest absolute Gasteiger partial charge is 0.234 e. The fraction of sp³-hybridized carbons (Fsp3) is 0.364. The van der Waals surface area contributed by atoms with Gasteiger partial charge >= 0.3 is 0 Å². The van der Waals surface area contributed by atoms with Gasteiger partial charge in [0, 0.05) is 11.4 Å². The second-order valence-electron chi connectivity index (χ2n) is 6.63. The second-order valence-corrected chi connectivity index (χ2v) is 8.84. The number of nitrogens with one attached hydrogen (secondary N) is 2. The van der Waals surface area contributed by atoms with Crippen LogP contribution in [0.4, 0.5) is 20.2 Å². The molecule has 0 saturated heterocycles. The summed E-state index contributed by atoms with van der Waals surface area (Å²) in [6.07, 6.45) is 4.28. The number of thioether (sulfide) groups is 2. The van der Waals surface area contributed by atoms with E-state index in [9.17, 15) is 18.4 Å². The van der Waals surface area contributed by atoms with E-state index in [1.807, 2.05) is 0 Å². The van der Waals surface area contributed by atoms with E-state index in [4.69, 9.17) is 0 Å². The number of hydrogen-bond donors (Lipinski definition) is 2. The zero-order valence-electron chi connectivity index (χ0n) is 16.7. The molecule has 0 aromatic heterocycles. The van der Waals surface area contributed by atoms with Crippen molar-refractivity contribution in [2.75, 3.05) is 33.6 Å². The van der Waals surface area contributed by atoms with Crippen molar-refractivity contribution in [3.8, 4) is 0 Å². The van der Waals surface area contributed by atoms with E-state index in [1.165, 1.54) is 24.3 Å². The van der Waals surface area contributed by atoms with Crippen LogP contribution >= 0.6 is 23.5 Å². The summed E-state index contributed by atoms with van der Waals surface area (Å²) in [5.41, 5.74) is 1.21. The number of carbonyl (C=O) groups is 2. The highest BCUT2D eigenvalue weighted by Gasteiger charge is 2.04. The molecule has 0 aliphatic rings. The first-order valence-electron chi connectivity index (χ1n) is 9.79. The standard InChI is InChI=1S/C22H26F2N2O2S2/c23-17-5-9-19(10-6-17)25-21(27)15-29-13-3-1-2-4-14-30-16-22(28)26-20-11-7-18(24)8-12-20/h5-12H,1-4,13-16H2,(H,25,27)(H,26,28). The fourth-order valence-corrected chi connectivity index (χ4v) is 4.17. The van der Waals surface area contributed by atoms with Crippen molar-refractivity contribution in [2.24, 2.45) is 0 Å². The highest BCUT2D eigenvalue weighted by atomic mass is 32.2. The van der Waals surface area contributed by atoms with Crippen molar-refractivity contribution in [1.82, 2.24) is 0 Å². The Kier molecular flexibility index (Phi) is 11.3. The first kappa shape index (κ1) is 24.2. The van der Waals surface area contributed by atoms with Crippen molar-refractivity contribution in [1.29, 1.82) is 0 Å². The summed E-state index contributed by atoms with van der Waals surface area (Å²) in [7, 11) is 0. The minimum atomic E-state index is -0.325. The second kappa shape index (κ2) is 14.0. The Morgan fingerprint density at radius 1 is 0.633 bits per heavy atom. The maximum atomic E-state index is 12.8. The molecule has 0 saturated carbocycles. The topological polar surface area (TPSA) is 58.2 Å². The highest BCUT2D eigenvalue weighted by Crippen LogP contribution is 2.13. The number of halogens is 2. The van der Waals surface area contributed by atoms with Gasteiger partial charge in [0.2, 0.25) is 11.8 Å². The molecule has 2 rings (SSSR count). The Morgan fingerprint density at radius 3 is 1.37 bits per heavy atom. The van der Waals surface area contributed by atoms with E-state index in [-0.39, 0.29) is 23.4 Å². The molecule has 2 aromatic rings. The van der Waals surface area contributed by atoms with Gasteiger partial charge < -0.3 is 10.6 Å². The molecular weight excluding hydrogens is 426 g/mol. The quantitative estimate of drug-likeness (QED) is 0.390. The normalized spacial score (nSPS) is 10.6. The van der Waals surface area contributed by atoms with Gasteiger partial charge in [-0.25, -0.2) is 8.78 Å². The maximum absolute atomic E-state index is 12.8. The van der Waals surface area contributed by atoms with Crippen LogP contribution in [0.15, 0.2) is 48.5 Å². The van der Waals surface area contributed by atoms with Gasteiger partial charge in [0.15, 0.2) is 0 Å². The lowest BCUT2D eigenvalue weighted by Gasteiger charge is -2.06. The minimum Gasteiger partial charge on any atom is -0.325 e. The molecule has 0 radical (unpaired) electrons. The zero-order valence-corrected chi connectivity index (χ0v) is 18.3. The third-order valence-corrected chi connectivity index (χ3v) is 6.14. The van der Waals surface area contributed by atoms with E-state index in [2.05, 4.69) is 10.6 Å². The maximum Gasteiger partial charge on any atom is 0.234 e. The molecule has 2 aromatic carbocycles. The summed E-state index contributed by atoms with van der Waals surface area (Å²) in [6, 6.07) is 11.4. The molecule has 2 N–H and O–H groups in total. The number of benzene rings is 2. The zero-order chi connectivity index (χ0) is 21.6. The van der Waals surface area contributed by atoms with Gasteiger partial charge in [-0.15, -0.1) is 0 Å². The van der Waals surface area contributed by atoms with Gasteiger partial charge in [-0.3, -0.25) is 9.59 Å². The van der Waals surface area contributed by atoms with Crippen molar-refractivity contribution in [3.05, 3.63) is 60.2 Å². The molecule has 0 atom stereocenters. The van der Waals surface area contributed by atoms with Crippen LogP contribution in [-0.4, -0.2) is 34.8 Å². The molecule has 8 heteroatoms. The molecule has 0 aliphatic carbocycles. The van der Waals surface area contributed by atoms with Crippen LogP contribution in [0.25, 0.3) is 0 Å². The van der Waals surface area contributed by atoms with E-state index in [0.29, 0.717) is 22.9 Å². The summed E-state index contributed by atoms with van der Waals surface area (Å²) in [5.74, 6) is 1.80. The van der Waals surface area contributed by atoms with E-state index in [0.717, 1.165) is 37.2 Å². The lowest BCUT2D eigenvalue weighted by Crippen LogP contribution is -2.14. The molecule has 0 aliphatic heterocycles. The van der Waals surface area contributed by atoms with Crippen molar-refractivity contribution in [2.45, 2.75) is 25.7 Å². The first-order valence-corrected chi connectivity index (χ1v) is 12.1. The lowest BCUT2D eigenvalue weighted by molar-refractivity contribution is -0.114. The van der Waals surface area contributed by atoms with Crippen LogP contribution in [0.3, 0.4) is 0 Å². The number of carbonyl (C=O) groups excluding carboxylic acids is 2. The monoisotopic (exact) mass is 452 g/mol. The number of rotatable bonds is 13. The van der Waals surface area contributed by atoms with Gasteiger partial charge in [0.25, 0.3) is 0 Å². The summed E-state index contributed by atoms with van der Waals surface area (Å²) < 4.78 is 25.6. The Balaban J connectivity index is 1.40. The number of unbranched alkanes of at least 4 members (excludes halogenated alkanes) is 3. The molecular formula is C22H26F2N2O2S2. The largest absolute Gasteiger partial charge is 0.325 e. The number of anilines is 2. The van der Waals surface area contributed by atoms with E-state index < -0.39 is 0 Å². The summed E-state index contributed by atoms with van der Waals surface area (Å²) >= 11 is 3.18. The Bertz CT molecular complexity index is 719. The first-order chi connectivity index (χ1) is 14.5. The highest BCUT2D eigenvalue weighted by molar-refractivity contribution is 8.00. The molecule has 0 fully saturated rings. The molecule has 0 spiro atoms. The SMILES string of the molecule is O=C(CSCCCCCCSCC(=O)Nc1ccc(F)cc1)Nc1ccc(F)cc1. The van der Waals surface area contributed by atoms with Gasteiger partial charge in [-0.1, -0.05) is 12.8 Å². The molecule has 2 amide bonds. The average molecular weight is 453 g/mol. The van der Waals surface area contributed by atoms with Crippen molar-refractivity contribution < 1.29 is 18.4 Å². The fourth-order valence-electron chi connectivity index (χ4n) is 2.55. The van der Waals surface area contributed by atoms with Crippen LogP contribution in [0.1, 0.15) is 25.7 Å². The van der Waals surface area contributed by atoms with Gasteiger partial charge in [0.1, 0.15) is 11.6 Å². The van der Waals surface area contributed by atoms with Crippen LogP contribution in [0.2, 0.25) is 0 Å². The molecule has 0 unspecified atom stereocenters. The van der Waals surface area contributed by atoms with E-state index >= 15 is 0 Å². The number of amides is 2. The predicted octanol–water partition coefficient (Wildman–Crippen LogP) is 5.57. The summed E-state index contributed by atoms with van der Waals surface area (Å²) in [6.45, 7) is 0. The minimum absolute atomic E-state index is 0.0816. The molecule has 30 heavy (non-hydrogen) atoms. The summed E-state index contributed by atoms with van der Waals surface area (Å²) in [4.78, 5) is 23.6. The van der Waals surface area contributed by atoms with Crippen LogP contribution < -0.4 is 10.6 Å². The van der Waals surface area contributed by atoms with Gasteiger partial charge in [-0.2, -0.15) is 23.5 Å². The molecule has 0 bridgehead atoms. The molecule has 4 nitrogen and oxygen atoms in total. The molecule has 162 valence electrons. The van der Waals surface area contributed by atoms with Crippen LogP contribution in [0.5, 0.6) is 0 Å². The predicted molar refractivity (Wildman–Crippen MR) is 123 cm³/mol. The van der Waals surface area contributed by atoms with Crippen molar-refractivity contribution >= 4 is 46.7 Å². The van der Waals surface area contributed by atoms with Crippen LogP contribution in [-0.2, 0) is 9.59 Å². The third-order valence-electron chi connectivity index (χ3n) is 4.05. The Labute approximate surface area is 184 Å². The third kappa shape index (κ3) is 10.6. The Hall–Kier alpha value is -2.06. The number of hydrogen-bond acceptors (Lipinski definition) is 4. The Morgan fingerprint density at radius 2 is 1.00 bits per heavy atom.